The molecule has 0 aromatic rings. The van der Waals surface area contributed by atoms with E-state index in [1.165, 1.54) is 12.0 Å². The topological polar surface area (TPSA) is 89.0 Å². The Labute approximate surface area is 44.2 Å². The summed E-state index contributed by atoms with van der Waals surface area (Å²) in [4.78, 5) is 9.27. The Morgan fingerprint density at radius 2 is 2.14 bits per heavy atom. The lowest BCUT2D eigenvalue weighted by molar-refractivity contribution is -0.130. The number of carbonyl (C=O) groups is 1. The number of carboxylic acids is 1. The molecule has 7 heavy (non-hydrogen) atoms. The van der Waals surface area contributed by atoms with E-state index in [1.807, 2.05) is 0 Å². The van der Waals surface area contributed by atoms with Crippen LogP contribution in [-0.4, -0.2) is 21.7 Å². The van der Waals surface area contributed by atoms with Gasteiger partial charge in [-0.1, -0.05) is 0 Å². The molecule has 0 heterocycles. The molecule has 0 aromatic heterocycles. The van der Waals surface area contributed by atoms with Gasteiger partial charge in [0, 0.05) is 4.28 Å². The first kappa shape index (κ1) is 9.25. The monoisotopic (exact) mass is 110 g/mol. The van der Waals surface area contributed by atoms with Crippen LogP contribution in [0.15, 0.2) is 0 Å². The van der Waals surface area contributed by atoms with Crippen molar-refractivity contribution in [2.75, 3.05) is 0 Å². The van der Waals surface area contributed by atoms with Crippen molar-refractivity contribution in [1.29, 1.82) is 0 Å². The van der Waals surface area contributed by atoms with Crippen LogP contribution in [0.4, 0.5) is 0 Å². The van der Waals surface area contributed by atoms with Crippen molar-refractivity contribution >= 4 is 5.97 Å². The Morgan fingerprint density at radius 1 is 1.71 bits per heavy atom. The summed E-state index contributed by atoms with van der Waals surface area (Å²) in [6.07, 6.45) is 1.22. The van der Waals surface area contributed by atoms with E-state index in [0.29, 0.717) is 0 Å². The van der Waals surface area contributed by atoms with Gasteiger partial charge in [-0.15, -0.1) is 0 Å². The molecule has 4 heteroatoms. The van der Waals surface area contributed by atoms with Gasteiger partial charge in [-0.3, -0.25) is 0 Å². The molecule has 0 unspecified atom stereocenters. The number of hydrogen-bond donors (Lipinski definition) is 2. The SMILES string of the molecule is O.O=C(O)C#CO.[HH].[HH].[HH]. The van der Waals surface area contributed by atoms with Crippen LogP contribution < -0.4 is 0 Å². The van der Waals surface area contributed by atoms with E-state index in [-0.39, 0.29) is 9.76 Å². The van der Waals surface area contributed by atoms with Crippen molar-refractivity contribution in [2.24, 2.45) is 0 Å². The largest absolute Gasteiger partial charge is 0.472 e. The molecule has 4 nitrogen and oxygen atoms in total. The van der Waals surface area contributed by atoms with Crippen LogP contribution in [-0.2, 0) is 4.79 Å². The molecule has 0 spiro atoms. The van der Waals surface area contributed by atoms with Crippen molar-refractivity contribution in [1.82, 2.24) is 0 Å². The van der Waals surface area contributed by atoms with Gasteiger partial charge < -0.3 is 15.7 Å². The maximum Gasteiger partial charge on any atom is 0.385 e. The van der Waals surface area contributed by atoms with E-state index in [0.717, 1.165) is 0 Å². The molecule has 0 saturated carbocycles. The fraction of sp³-hybridized carbons (Fsp3) is 0. The van der Waals surface area contributed by atoms with Gasteiger partial charge in [-0.05, 0) is 0 Å². The molecule has 0 bridgehead atoms. The maximum absolute atomic E-state index is 9.27. The van der Waals surface area contributed by atoms with Crippen LogP contribution in [0.1, 0.15) is 4.28 Å². The Kier molecular flexibility index (Phi) is 6.33. The highest BCUT2D eigenvalue weighted by Crippen LogP contribution is 1.49. The van der Waals surface area contributed by atoms with E-state index in [1.54, 1.807) is 0 Å². The average Bonchev–Trinajstić information content (AvgIpc) is 1.35. The van der Waals surface area contributed by atoms with Crippen LogP contribution in [0.3, 0.4) is 0 Å². The first-order valence-corrected chi connectivity index (χ1v) is 1.15. The van der Waals surface area contributed by atoms with Crippen molar-refractivity contribution in [3.63, 3.8) is 0 Å². The lowest BCUT2D eigenvalue weighted by Gasteiger charge is -1.62. The second kappa shape index (κ2) is 4.79. The third-order valence-electron chi connectivity index (χ3n) is 0.163. The molecule has 0 saturated heterocycles. The quantitative estimate of drug-likeness (QED) is 0.405. The van der Waals surface area contributed by atoms with E-state index < -0.39 is 5.97 Å². The molecule has 0 aromatic carbocycles. The lowest BCUT2D eigenvalue weighted by atomic mass is 10.7. The summed E-state index contributed by atoms with van der Waals surface area (Å²) >= 11 is 0. The molecule has 0 rings (SSSR count). The summed E-state index contributed by atoms with van der Waals surface area (Å²) in [5.41, 5.74) is 0. The van der Waals surface area contributed by atoms with Crippen LogP contribution in [0, 0.1) is 12.0 Å². The van der Waals surface area contributed by atoms with Gasteiger partial charge in [0.2, 0.25) is 0 Å². The number of aliphatic hydroxyl groups excluding tert-OH is 1. The minimum absolute atomic E-state index is 0. The van der Waals surface area contributed by atoms with E-state index >= 15 is 0 Å². The van der Waals surface area contributed by atoms with E-state index in [2.05, 4.69) is 0 Å². The predicted octanol–water partition coefficient (Wildman–Crippen LogP) is -0.682. The van der Waals surface area contributed by atoms with Crippen molar-refractivity contribution in [2.45, 2.75) is 0 Å². The number of rotatable bonds is 0. The fourth-order valence-electron chi connectivity index (χ4n) is 0.0478. The molecule has 0 radical (unpaired) electrons. The zero-order valence-electron chi connectivity index (χ0n) is 3.30. The zero-order valence-corrected chi connectivity index (χ0v) is 3.30. The first-order valence-electron chi connectivity index (χ1n) is 1.15. The Hall–Kier alpha value is -1.21. The standard InChI is InChI=1S/C3H2O3.H2O.3H2/c4-2-1-3(5)6;;;;/h4H,(H,5,6);1H2;3*1H. The van der Waals surface area contributed by atoms with Crippen LogP contribution in [0.2, 0.25) is 0 Å². The maximum atomic E-state index is 9.27. The summed E-state index contributed by atoms with van der Waals surface area (Å²) in [6.45, 7) is 0. The molecule has 46 valence electrons. The van der Waals surface area contributed by atoms with Gasteiger partial charge in [0.05, 0.1) is 5.92 Å². The van der Waals surface area contributed by atoms with Gasteiger partial charge in [-0.2, -0.15) is 0 Å². The molecule has 0 amide bonds. The Bertz CT molecular complexity index is 115. The molecule has 0 aliphatic carbocycles. The van der Waals surface area contributed by atoms with Crippen LogP contribution in [0.25, 0.3) is 0 Å². The summed E-state index contributed by atoms with van der Waals surface area (Å²) in [5, 5.41) is 15.1. The second-order valence-corrected chi connectivity index (χ2v) is 0.542. The van der Waals surface area contributed by atoms with Crippen molar-refractivity contribution < 1.29 is 24.8 Å². The van der Waals surface area contributed by atoms with Gasteiger partial charge in [0.15, 0.2) is 0 Å². The molecule has 0 atom stereocenters. The lowest BCUT2D eigenvalue weighted by Crippen LogP contribution is -1.85. The third kappa shape index (κ3) is 11.6. The van der Waals surface area contributed by atoms with E-state index in [4.69, 9.17) is 10.2 Å². The Morgan fingerprint density at radius 3 is 2.14 bits per heavy atom. The van der Waals surface area contributed by atoms with E-state index in [9.17, 15) is 4.79 Å². The van der Waals surface area contributed by atoms with Gasteiger partial charge in [0.1, 0.15) is 6.11 Å². The molecule has 0 fully saturated rings. The summed E-state index contributed by atoms with van der Waals surface area (Å²) in [5.74, 6) is 0.109. The number of carboxylic acid groups (broad SMARTS) is 1. The highest BCUT2D eigenvalue weighted by molar-refractivity contribution is 5.85. The number of hydrogen-bond acceptors (Lipinski definition) is 2. The second-order valence-electron chi connectivity index (χ2n) is 0.542. The molecule has 0 aliphatic heterocycles. The molecular weight excluding hydrogens is 100 g/mol. The predicted molar refractivity (Wildman–Crippen MR) is 27.3 cm³/mol. The molecular formula is C3H10O4. The van der Waals surface area contributed by atoms with Gasteiger partial charge >= 0.3 is 5.97 Å². The average molecular weight is 110 g/mol. The van der Waals surface area contributed by atoms with Crippen LogP contribution >= 0.6 is 0 Å². The summed E-state index contributed by atoms with van der Waals surface area (Å²) < 4.78 is 0. The summed E-state index contributed by atoms with van der Waals surface area (Å²) in [6, 6.07) is 0. The van der Waals surface area contributed by atoms with Crippen LogP contribution in [0.5, 0.6) is 0 Å². The summed E-state index contributed by atoms with van der Waals surface area (Å²) in [7, 11) is 0. The molecule has 0 aliphatic rings. The van der Waals surface area contributed by atoms with Gasteiger partial charge in [0.25, 0.3) is 0 Å². The van der Waals surface area contributed by atoms with Crippen molar-refractivity contribution in [3.05, 3.63) is 0 Å². The highest BCUT2D eigenvalue weighted by atomic mass is 16.4. The van der Waals surface area contributed by atoms with Gasteiger partial charge in [-0.25, -0.2) is 4.79 Å². The zero-order chi connectivity index (χ0) is 4.99. The first-order chi connectivity index (χ1) is 2.77. The minimum Gasteiger partial charge on any atom is -0.472 e. The number of aliphatic carboxylic acids is 1. The smallest absolute Gasteiger partial charge is 0.385 e. The van der Waals surface area contributed by atoms with Crippen molar-refractivity contribution in [3.8, 4) is 12.0 Å². The third-order valence-corrected chi connectivity index (χ3v) is 0.163. The Balaban J connectivity index is -0.0000000208. The number of aliphatic hydroxyl groups is 1. The normalized spacial score (nSPS) is 4.57. The fourth-order valence-corrected chi connectivity index (χ4v) is 0.0478. The highest BCUT2D eigenvalue weighted by Gasteiger charge is 1.78. The molecule has 4 N–H and O–H groups in total. The minimum atomic E-state index is -1.32.